The van der Waals surface area contributed by atoms with Gasteiger partial charge in [-0.1, -0.05) is 18.6 Å². The van der Waals surface area contributed by atoms with Gasteiger partial charge in [-0.15, -0.1) is 0 Å². The van der Waals surface area contributed by atoms with Crippen molar-refractivity contribution in [3.05, 3.63) is 59.7 Å². The Hall–Kier alpha value is -3.69. The second-order valence-corrected chi connectivity index (χ2v) is 8.61. The quantitative estimate of drug-likeness (QED) is 0.332. The van der Waals surface area contributed by atoms with Gasteiger partial charge >= 0.3 is 6.09 Å². The van der Waals surface area contributed by atoms with Gasteiger partial charge in [-0.25, -0.2) is 13.6 Å². The smallest absolute Gasteiger partial charge is 0.407 e. The molecule has 35 heavy (non-hydrogen) atoms. The minimum atomic E-state index is -0.832. The van der Waals surface area contributed by atoms with Crippen molar-refractivity contribution in [2.45, 2.75) is 52.1 Å². The number of carbonyl (C=O) groups is 3. The molecule has 0 fully saturated rings. The van der Waals surface area contributed by atoms with Crippen molar-refractivity contribution in [2.24, 2.45) is 5.73 Å². The van der Waals surface area contributed by atoms with Crippen LogP contribution in [0.1, 0.15) is 56.8 Å². The molecule has 8 nitrogen and oxygen atoms in total. The van der Waals surface area contributed by atoms with Crippen LogP contribution in [-0.4, -0.2) is 36.5 Å². The van der Waals surface area contributed by atoms with E-state index >= 15 is 0 Å². The van der Waals surface area contributed by atoms with Gasteiger partial charge in [0.2, 0.25) is 5.91 Å². The van der Waals surface area contributed by atoms with Crippen LogP contribution in [0.25, 0.3) is 0 Å². The number of unbranched alkanes of at least 4 members (excludes halogenated alkanes) is 2. The van der Waals surface area contributed by atoms with E-state index in [1.807, 2.05) is 0 Å². The number of halogens is 2. The summed E-state index contributed by atoms with van der Waals surface area (Å²) in [6.45, 7) is 5.45. The number of nitrogens with one attached hydrogen (secondary N) is 1. The summed E-state index contributed by atoms with van der Waals surface area (Å²) in [5.74, 6) is -2.88. The highest BCUT2D eigenvalue weighted by molar-refractivity contribution is 5.93. The molecule has 2 aromatic carbocycles. The zero-order valence-corrected chi connectivity index (χ0v) is 20.2. The lowest BCUT2D eigenvalue weighted by Crippen LogP contribution is -2.33. The monoisotopic (exact) mass is 493 g/mol. The van der Waals surface area contributed by atoms with Crippen LogP contribution in [0.2, 0.25) is 0 Å². The largest absolute Gasteiger partial charge is 0.480 e. The van der Waals surface area contributed by atoms with E-state index in [1.165, 1.54) is 6.07 Å². The maximum atomic E-state index is 13.3. The van der Waals surface area contributed by atoms with Crippen LogP contribution in [0.4, 0.5) is 19.3 Å². The first-order valence-corrected chi connectivity index (χ1v) is 11.1. The van der Waals surface area contributed by atoms with Crippen molar-refractivity contribution in [3.8, 4) is 5.75 Å². The van der Waals surface area contributed by atoms with Gasteiger partial charge in [-0.05, 0) is 63.9 Å². The molecule has 0 aliphatic rings. The molecule has 2 aromatic rings. The molecule has 2 rings (SSSR count). The first-order valence-electron chi connectivity index (χ1n) is 11.1. The Bertz CT molecular complexity index is 973. The molecule has 0 aromatic heterocycles. The maximum Gasteiger partial charge on any atom is 0.407 e. The van der Waals surface area contributed by atoms with Crippen molar-refractivity contribution in [2.75, 3.05) is 18.9 Å². The Morgan fingerprint density at radius 1 is 0.971 bits per heavy atom. The average Bonchev–Trinajstić information content (AvgIpc) is 2.75. The minimum Gasteiger partial charge on any atom is -0.480 e. The molecule has 0 unspecified atom stereocenters. The molecule has 0 bridgehead atoms. The molecule has 0 aliphatic heterocycles. The Balaban J connectivity index is 0.000000507. The van der Waals surface area contributed by atoms with Gasteiger partial charge < -0.3 is 26.3 Å². The number of alkyl carbamates (subject to hydrolysis) is 1. The summed E-state index contributed by atoms with van der Waals surface area (Å²) < 4.78 is 36.7. The van der Waals surface area contributed by atoms with Gasteiger partial charge in [0.15, 0.2) is 23.2 Å². The number of rotatable bonds is 10. The lowest BCUT2D eigenvalue weighted by atomic mass is 10.1. The Kier molecular flexibility index (Phi) is 12.2. The van der Waals surface area contributed by atoms with Gasteiger partial charge in [0, 0.05) is 24.2 Å². The first-order chi connectivity index (χ1) is 16.4. The molecule has 0 heterocycles. The maximum absolute atomic E-state index is 13.3. The van der Waals surface area contributed by atoms with Gasteiger partial charge in [-0.2, -0.15) is 0 Å². The fourth-order valence-electron chi connectivity index (χ4n) is 2.67. The van der Waals surface area contributed by atoms with Crippen LogP contribution in [0, 0.1) is 11.6 Å². The molecule has 192 valence electrons. The highest BCUT2D eigenvalue weighted by Gasteiger charge is 2.15. The second kappa shape index (κ2) is 14.5. The normalized spacial score (nSPS) is 10.5. The summed E-state index contributed by atoms with van der Waals surface area (Å²) >= 11 is 0. The number of hydrogen-bond donors (Lipinski definition) is 3. The molecule has 5 N–H and O–H groups in total. The molecule has 0 spiro atoms. The second-order valence-electron chi connectivity index (χ2n) is 8.61. The Morgan fingerprint density at radius 3 is 2.14 bits per heavy atom. The SMILES string of the molecule is CC(C)(C)OC(=O)NCCCCCC(=O)COc1c(F)cccc1F.NC(=O)c1cccc(N)c1. The van der Waals surface area contributed by atoms with Crippen LogP contribution in [0.3, 0.4) is 0 Å². The van der Waals surface area contributed by atoms with Gasteiger partial charge in [0.1, 0.15) is 12.2 Å². The number of hydrogen-bond acceptors (Lipinski definition) is 6. The van der Waals surface area contributed by atoms with Crippen molar-refractivity contribution in [1.82, 2.24) is 5.32 Å². The lowest BCUT2D eigenvalue weighted by molar-refractivity contribution is -0.121. The standard InChI is InChI=1S/C18H25F2NO4.C7H8N2O/c1-18(2,3)25-17(23)21-11-6-4-5-8-13(22)12-24-16-14(19)9-7-10-15(16)20;8-6-3-1-2-5(4-6)7(9)10/h7,9-10H,4-6,8,11-12H2,1-3H3,(H,21,23);1-4H,8H2,(H2,9,10). The number of carbonyl (C=O) groups excluding carboxylic acids is 3. The number of nitrogens with two attached hydrogens (primary N) is 2. The highest BCUT2D eigenvalue weighted by Crippen LogP contribution is 2.20. The van der Waals surface area contributed by atoms with Crippen LogP contribution in [0.5, 0.6) is 5.75 Å². The molecular weight excluding hydrogens is 460 g/mol. The van der Waals surface area contributed by atoms with Crippen LogP contribution in [-0.2, 0) is 9.53 Å². The number of ether oxygens (including phenoxy) is 2. The summed E-state index contributed by atoms with van der Waals surface area (Å²) in [5.41, 5.74) is 10.8. The number of benzene rings is 2. The fraction of sp³-hybridized carbons (Fsp3) is 0.400. The minimum absolute atomic E-state index is 0.234. The molecule has 2 amide bonds. The molecule has 0 saturated heterocycles. The molecule has 0 saturated carbocycles. The van der Waals surface area contributed by atoms with Gasteiger partial charge in [-0.3, -0.25) is 9.59 Å². The summed E-state index contributed by atoms with van der Waals surface area (Å²) in [5, 5.41) is 2.63. The summed E-state index contributed by atoms with van der Waals surface area (Å²) in [6, 6.07) is 9.93. The Morgan fingerprint density at radius 2 is 1.60 bits per heavy atom. The number of primary amides is 1. The van der Waals surface area contributed by atoms with E-state index in [2.05, 4.69) is 5.32 Å². The van der Waals surface area contributed by atoms with Crippen LogP contribution in [0.15, 0.2) is 42.5 Å². The number of amides is 2. The number of anilines is 1. The zero-order chi connectivity index (χ0) is 26.4. The van der Waals surface area contributed by atoms with Crippen molar-refractivity contribution >= 4 is 23.5 Å². The van der Waals surface area contributed by atoms with E-state index in [4.69, 9.17) is 20.9 Å². The number of ketones is 1. The zero-order valence-electron chi connectivity index (χ0n) is 20.2. The summed E-state index contributed by atoms with van der Waals surface area (Å²) in [7, 11) is 0. The van der Waals surface area contributed by atoms with Gasteiger partial charge in [0.05, 0.1) is 0 Å². The fourth-order valence-corrected chi connectivity index (χ4v) is 2.67. The summed E-state index contributed by atoms with van der Waals surface area (Å²) in [4.78, 5) is 33.6. The van der Waals surface area contributed by atoms with E-state index in [0.29, 0.717) is 30.6 Å². The van der Waals surface area contributed by atoms with Crippen molar-refractivity contribution in [3.63, 3.8) is 0 Å². The predicted octanol–water partition coefficient (Wildman–Crippen LogP) is 4.37. The molecule has 0 atom stereocenters. The average molecular weight is 494 g/mol. The first kappa shape index (κ1) is 29.3. The van der Waals surface area contributed by atoms with Crippen LogP contribution >= 0.6 is 0 Å². The lowest BCUT2D eigenvalue weighted by Gasteiger charge is -2.19. The Labute approximate surface area is 204 Å². The summed E-state index contributed by atoms with van der Waals surface area (Å²) in [6.07, 6.45) is 1.83. The van der Waals surface area contributed by atoms with E-state index in [1.54, 1.807) is 45.0 Å². The molecule has 0 aliphatic carbocycles. The van der Waals surface area contributed by atoms with Crippen molar-refractivity contribution < 1.29 is 32.6 Å². The van der Waals surface area contributed by atoms with Crippen LogP contribution < -0.4 is 21.5 Å². The van der Waals surface area contributed by atoms with E-state index in [9.17, 15) is 23.2 Å². The van der Waals surface area contributed by atoms with E-state index in [0.717, 1.165) is 18.6 Å². The van der Waals surface area contributed by atoms with Crippen molar-refractivity contribution in [1.29, 1.82) is 0 Å². The third kappa shape index (κ3) is 13.0. The third-order valence-corrected chi connectivity index (χ3v) is 4.27. The number of para-hydroxylation sites is 1. The highest BCUT2D eigenvalue weighted by atomic mass is 19.1. The predicted molar refractivity (Wildman–Crippen MR) is 129 cm³/mol. The molecular formula is C25H33F2N3O5. The number of Topliss-reactive ketones (excluding diaryl/α,β-unsaturated/α-hetero) is 1. The van der Waals surface area contributed by atoms with E-state index < -0.39 is 35.0 Å². The van der Waals surface area contributed by atoms with Gasteiger partial charge in [0.25, 0.3) is 0 Å². The molecule has 0 radical (unpaired) electrons. The molecule has 10 heteroatoms. The third-order valence-electron chi connectivity index (χ3n) is 4.27. The topological polar surface area (TPSA) is 134 Å². The van der Waals surface area contributed by atoms with E-state index in [-0.39, 0.29) is 18.8 Å². The number of nitrogen functional groups attached to an aromatic ring is 1.